The van der Waals surface area contributed by atoms with Gasteiger partial charge in [0.15, 0.2) is 0 Å². The predicted octanol–water partition coefficient (Wildman–Crippen LogP) is 0.195. The minimum absolute atomic E-state index is 0.863. The molecule has 0 unspecified atom stereocenters. The number of aryl methyl sites for hydroxylation is 1. The molecule has 0 aromatic carbocycles. The number of hydrogen-bond donors (Lipinski definition) is 1. The third kappa shape index (κ3) is 1.95. The highest BCUT2D eigenvalue weighted by Gasteiger charge is 2.11. The van der Waals surface area contributed by atoms with E-state index in [2.05, 4.69) is 20.2 Å². The molecular formula is C9H14N4. The van der Waals surface area contributed by atoms with E-state index >= 15 is 0 Å². The molecule has 0 radical (unpaired) electrons. The average molecular weight is 178 g/mol. The maximum absolute atomic E-state index is 4.38. The molecule has 0 atom stereocenters. The lowest BCUT2D eigenvalue weighted by Gasteiger charge is -2.27. The molecule has 4 nitrogen and oxygen atoms in total. The summed E-state index contributed by atoms with van der Waals surface area (Å²) in [7, 11) is 0. The number of hydrogen-bond acceptors (Lipinski definition) is 4. The van der Waals surface area contributed by atoms with E-state index in [-0.39, 0.29) is 0 Å². The Morgan fingerprint density at radius 3 is 2.85 bits per heavy atom. The van der Waals surface area contributed by atoms with Crippen molar-refractivity contribution >= 4 is 5.95 Å². The zero-order valence-electron chi connectivity index (χ0n) is 7.82. The molecule has 2 rings (SSSR count). The smallest absolute Gasteiger partial charge is 0.225 e. The number of rotatable bonds is 1. The summed E-state index contributed by atoms with van der Waals surface area (Å²) in [6.45, 7) is 6.05. The van der Waals surface area contributed by atoms with E-state index in [1.807, 2.05) is 19.2 Å². The summed E-state index contributed by atoms with van der Waals surface area (Å²) in [5.74, 6) is 0.863. The van der Waals surface area contributed by atoms with Crippen LogP contribution in [-0.2, 0) is 0 Å². The minimum atomic E-state index is 0.863. The Morgan fingerprint density at radius 1 is 1.38 bits per heavy atom. The van der Waals surface area contributed by atoms with Crippen LogP contribution in [0.25, 0.3) is 0 Å². The van der Waals surface area contributed by atoms with Crippen LogP contribution in [0, 0.1) is 6.92 Å². The van der Waals surface area contributed by atoms with E-state index < -0.39 is 0 Å². The van der Waals surface area contributed by atoms with E-state index in [0.29, 0.717) is 0 Å². The molecule has 0 amide bonds. The van der Waals surface area contributed by atoms with Gasteiger partial charge in [0.1, 0.15) is 0 Å². The lowest BCUT2D eigenvalue weighted by Crippen LogP contribution is -2.44. The molecule has 2 heterocycles. The standard InChI is InChI=1S/C9H14N4/c1-8-2-3-11-9(12-8)13-6-4-10-5-7-13/h2-3,10H,4-7H2,1H3. The molecule has 1 aliphatic rings. The summed E-state index contributed by atoms with van der Waals surface area (Å²) in [5.41, 5.74) is 1.03. The third-order valence-electron chi connectivity index (χ3n) is 2.18. The van der Waals surface area contributed by atoms with Crippen LogP contribution in [0.1, 0.15) is 5.69 Å². The summed E-state index contributed by atoms with van der Waals surface area (Å²) in [6, 6.07) is 1.92. The molecule has 1 aromatic heterocycles. The molecule has 0 saturated carbocycles. The zero-order chi connectivity index (χ0) is 9.10. The van der Waals surface area contributed by atoms with Crippen LogP contribution in [0.4, 0.5) is 5.95 Å². The Balaban J connectivity index is 2.14. The molecule has 1 aliphatic heterocycles. The van der Waals surface area contributed by atoms with Crippen molar-refractivity contribution in [2.75, 3.05) is 31.1 Å². The Morgan fingerprint density at radius 2 is 2.15 bits per heavy atom. The zero-order valence-corrected chi connectivity index (χ0v) is 7.82. The summed E-state index contributed by atoms with van der Waals surface area (Å²) < 4.78 is 0. The number of anilines is 1. The van der Waals surface area contributed by atoms with Crippen LogP contribution in [0.2, 0.25) is 0 Å². The molecule has 0 spiro atoms. The number of aromatic nitrogens is 2. The molecule has 0 bridgehead atoms. The van der Waals surface area contributed by atoms with Gasteiger partial charge in [0.05, 0.1) is 0 Å². The first-order valence-electron chi connectivity index (χ1n) is 4.61. The second-order valence-corrected chi connectivity index (χ2v) is 3.24. The largest absolute Gasteiger partial charge is 0.338 e. The molecule has 1 N–H and O–H groups in total. The highest BCUT2D eigenvalue weighted by atomic mass is 15.3. The lowest BCUT2D eigenvalue weighted by atomic mass is 10.4. The van der Waals surface area contributed by atoms with Gasteiger partial charge in [0.2, 0.25) is 5.95 Å². The Kier molecular flexibility index (Phi) is 2.40. The number of nitrogens with zero attached hydrogens (tertiary/aromatic N) is 3. The fourth-order valence-electron chi connectivity index (χ4n) is 1.45. The maximum Gasteiger partial charge on any atom is 0.225 e. The van der Waals surface area contributed by atoms with Gasteiger partial charge in [-0.15, -0.1) is 0 Å². The SMILES string of the molecule is Cc1ccnc(N2CCNCC2)n1. The topological polar surface area (TPSA) is 41.1 Å². The lowest BCUT2D eigenvalue weighted by molar-refractivity contribution is 0.579. The van der Waals surface area contributed by atoms with E-state index in [4.69, 9.17) is 0 Å². The highest BCUT2D eigenvalue weighted by Crippen LogP contribution is 2.07. The monoisotopic (exact) mass is 178 g/mol. The molecule has 1 saturated heterocycles. The Hall–Kier alpha value is -1.16. The van der Waals surface area contributed by atoms with Crippen molar-refractivity contribution in [1.29, 1.82) is 0 Å². The van der Waals surface area contributed by atoms with Gasteiger partial charge in [-0.3, -0.25) is 0 Å². The second kappa shape index (κ2) is 3.70. The predicted molar refractivity (Wildman–Crippen MR) is 51.9 cm³/mol. The van der Waals surface area contributed by atoms with Gasteiger partial charge in [0, 0.05) is 38.1 Å². The quantitative estimate of drug-likeness (QED) is 0.666. The number of piperazine rings is 1. The van der Waals surface area contributed by atoms with Crippen LogP contribution in [0.3, 0.4) is 0 Å². The molecular weight excluding hydrogens is 164 g/mol. The van der Waals surface area contributed by atoms with E-state index in [1.54, 1.807) is 0 Å². The second-order valence-electron chi connectivity index (χ2n) is 3.24. The molecule has 1 fully saturated rings. The van der Waals surface area contributed by atoms with E-state index in [1.165, 1.54) is 0 Å². The minimum Gasteiger partial charge on any atom is -0.338 e. The summed E-state index contributed by atoms with van der Waals surface area (Å²) >= 11 is 0. The summed E-state index contributed by atoms with van der Waals surface area (Å²) in [6.07, 6.45) is 1.82. The molecule has 70 valence electrons. The van der Waals surface area contributed by atoms with Crippen molar-refractivity contribution in [1.82, 2.24) is 15.3 Å². The van der Waals surface area contributed by atoms with Gasteiger partial charge < -0.3 is 10.2 Å². The molecule has 4 heteroatoms. The number of nitrogens with one attached hydrogen (secondary N) is 1. The van der Waals surface area contributed by atoms with Gasteiger partial charge in [-0.05, 0) is 13.0 Å². The van der Waals surface area contributed by atoms with Crippen molar-refractivity contribution in [2.45, 2.75) is 6.92 Å². The third-order valence-corrected chi connectivity index (χ3v) is 2.18. The van der Waals surface area contributed by atoms with Crippen LogP contribution in [-0.4, -0.2) is 36.1 Å². The van der Waals surface area contributed by atoms with Crippen LogP contribution >= 0.6 is 0 Å². The molecule has 0 aliphatic carbocycles. The van der Waals surface area contributed by atoms with Crippen LogP contribution in [0.15, 0.2) is 12.3 Å². The Labute approximate surface area is 78.0 Å². The Bertz CT molecular complexity index is 281. The van der Waals surface area contributed by atoms with Gasteiger partial charge in [-0.25, -0.2) is 9.97 Å². The first kappa shape index (κ1) is 8.44. The van der Waals surface area contributed by atoms with Gasteiger partial charge >= 0.3 is 0 Å². The van der Waals surface area contributed by atoms with Crippen molar-refractivity contribution in [3.8, 4) is 0 Å². The first-order chi connectivity index (χ1) is 6.36. The highest BCUT2D eigenvalue weighted by molar-refractivity contribution is 5.30. The summed E-state index contributed by atoms with van der Waals surface area (Å²) in [5, 5.41) is 3.30. The van der Waals surface area contributed by atoms with Crippen molar-refractivity contribution < 1.29 is 0 Å². The fraction of sp³-hybridized carbons (Fsp3) is 0.556. The fourth-order valence-corrected chi connectivity index (χ4v) is 1.45. The maximum atomic E-state index is 4.38. The van der Waals surface area contributed by atoms with Crippen molar-refractivity contribution in [3.63, 3.8) is 0 Å². The van der Waals surface area contributed by atoms with E-state index in [9.17, 15) is 0 Å². The van der Waals surface area contributed by atoms with E-state index in [0.717, 1.165) is 37.8 Å². The van der Waals surface area contributed by atoms with Crippen molar-refractivity contribution in [2.24, 2.45) is 0 Å². The average Bonchev–Trinajstić information content (AvgIpc) is 2.19. The van der Waals surface area contributed by atoms with Crippen LogP contribution in [0.5, 0.6) is 0 Å². The molecule has 1 aromatic rings. The van der Waals surface area contributed by atoms with Gasteiger partial charge in [-0.1, -0.05) is 0 Å². The normalized spacial score (nSPS) is 17.5. The van der Waals surface area contributed by atoms with Crippen LogP contribution < -0.4 is 10.2 Å². The first-order valence-corrected chi connectivity index (χ1v) is 4.61. The van der Waals surface area contributed by atoms with Gasteiger partial charge in [0.25, 0.3) is 0 Å². The van der Waals surface area contributed by atoms with Crippen molar-refractivity contribution in [3.05, 3.63) is 18.0 Å². The molecule has 13 heavy (non-hydrogen) atoms. The van der Waals surface area contributed by atoms with Gasteiger partial charge in [-0.2, -0.15) is 0 Å². The summed E-state index contributed by atoms with van der Waals surface area (Å²) in [4.78, 5) is 10.8.